The van der Waals surface area contributed by atoms with Crippen LogP contribution in [0.15, 0.2) is 24.3 Å². The van der Waals surface area contributed by atoms with Gasteiger partial charge in [0.2, 0.25) is 0 Å². The van der Waals surface area contributed by atoms with Gasteiger partial charge in [0.05, 0.1) is 19.9 Å². The predicted octanol–water partition coefficient (Wildman–Crippen LogP) is 3.35. The van der Waals surface area contributed by atoms with Crippen molar-refractivity contribution in [2.45, 2.75) is 13.5 Å². The van der Waals surface area contributed by atoms with Crippen molar-refractivity contribution in [1.82, 2.24) is 9.97 Å². The van der Waals surface area contributed by atoms with Crippen LogP contribution in [0.2, 0.25) is 5.15 Å². The van der Waals surface area contributed by atoms with Crippen LogP contribution in [-0.4, -0.2) is 30.8 Å². The minimum atomic E-state index is 0.325. The summed E-state index contributed by atoms with van der Waals surface area (Å²) in [4.78, 5) is 8.61. The molecule has 0 N–H and O–H groups in total. The molecule has 0 spiro atoms. The third kappa shape index (κ3) is 4.06. The van der Waals surface area contributed by atoms with Crippen LogP contribution < -0.4 is 9.47 Å². The minimum Gasteiger partial charge on any atom is -0.497 e. The Kier molecular flexibility index (Phi) is 5.36. The van der Waals surface area contributed by atoms with Crippen LogP contribution in [0.25, 0.3) is 11.3 Å². The van der Waals surface area contributed by atoms with Gasteiger partial charge in [-0.15, -0.1) is 0 Å². The average molecular weight is 309 g/mol. The molecule has 0 radical (unpaired) electrons. The smallest absolute Gasteiger partial charge is 0.156 e. The molecule has 0 saturated heterocycles. The second kappa shape index (κ2) is 7.24. The number of rotatable bonds is 6. The second-order valence-electron chi connectivity index (χ2n) is 4.23. The Morgan fingerprint density at radius 2 is 1.67 bits per heavy atom. The molecule has 0 bridgehead atoms. The molecule has 5 nitrogen and oxygen atoms in total. The zero-order valence-corrected chi connectivity index (χ0v) is 13.0. The summed E-state index contributed by atoms with van der Waals surface area (Å²) < 4.78 is 15.8. The monoisotopic (exact) mass is 308 g/mol. The predicted molar refractivity (Wildman–Crippen MR) is 80.9 cm³/mol. The van der Waals surface area contributed by atoms with Gasteiger partial charge in [-0.25, -0.2) is 9.97 Å². The highest BCUT2D eigenvalue weighted by atomic mass is 35.5. The van der Waals surface area contributed by atoms with Crippen molar-refractivity contribution in [3.63, 3.8) is 0 Å². The van der Waals surface area contributed by atoms with Crippen LogP contribution in [-0.2, 0) is 11.3 Å². The third-order valence-corrected chi connectivity index (χ3v) is 3.02. The lowest BCUT2D eigenvalue weighted by Gasteiger charge is -2.09. The van der Waals surface area contributed by atoms with Crippen LogP contribution >= 0.6 is 11.6 Å². The Morgan fingerprint density at radius 3 is 2.24 bits per heavy atom. The van der Waals surface area contributed by atoms with Gasteiger partial charge in [-0.05, 0) is 19.1 Å². The summed E-state index contributed by atoms with van der Waals surface area (Å²) >= 11 is 6.06. The molecule has 0 saturated carbocycles. The van der Waals surface area contributed by atoms with Crippen molar-refractivity contribution >= 4 is 11.6 Å². The molecule has 1 heterocycles. The van der Waals surface area contributed by atoms with Crippen LogP contribution in [0.5, 0.6) is 11.5 Å². The van der Waals surface area contributed by atoms with Crippen molar-refractivity contribution < 1.29 is 14.2 Å². The first-order valence-electron chi connectivity index (χ1n) is 6.51. The van der Waals surface area contributed by atoms with Crippen LogP contribution in [0.3, 0.4) is 0 Å². The van der Waals surface area contributed by atoms with Crippen molar-refractivity contribution in [1.29, 1.82) is 0 Å². The fourth-order valence-electron chi connectivity index (χ4n) is 1.83. The molecule has 0 unspecified atom stereocenters. The number of benzene rings is 1. The quantitative estimate of drug-likeness (QED) is 0.766. The summed E-state index contributed by atoms with van der Waals surface area (Å²) in [6.45, 7) is 2.84. The van der Waals surface area contributed by atoms with Crippen LogP contribution in [0.4, 0.5) is 0 Å². The van der Waals surface area contributed by atoms with Gasteiger partial charge in [0.25, 0.3) is 0 Å². The second-order valence-corrected chi connectivity index (χ2v) is 4.62. The number of ether oxygens (including phenoxy) is 3. The zero-order chi connectivity index (χ0) is 15.2. The van der Waals surface area contributed by atoms with Crippen LogP contribution in [0.1, 0.15) is 12.7 Å². The molecule has 0 aliphatic rings. The maximum Gasteiger partial charge on any atom is 0.156 e. The Hall–Kier alpha value is -1.85. The SMILES string of the molecule is CCOCc1nc(Cl)cc(-c2cc(OC)cc(OC)c2)n1. The standard InChI is InChI=1S/C15H17ClN2O3/c1-4-21-9-15-17-13(8-14(16)18-15)10-5-11(19-2)7-12(6-10)20-3/h5-8H,4,9H2,1-3H3. The van der Waals surface area contributed by atoms with E-state index in [1.807, 2.05) is 19.1 Å². The van der Waals surface area contributed by atoms with E-state index in [9.17, 15) is 0 Å². The van der Waals surface area contributed by atoms with E-state index >= 15 is 0 Å². The maximum atomic E-state index is 6.06. The Bertz CT molecular complexity index is 598. The highest BCUT2D eigenvalue weighted by molar-refractivity contribution is 6.29. The molecule has 2 aromatic rings. The first-order valence-corrected chi connectivity index (χ1v) is 6.88. The molecule has 0 amide bonds. The lowest BCUT2D eigenvalue weighted by atomic mass is 10.1. The number of halogens is 1. The minimum absolute atomic E-state index is 0.325. The topological polar surface area (TPSA) is 53.5 Å². The van der Waals surface area contributed by atoms with Crippen molar-refractivity contribution in [3.8, 4) is 22.8 Å². The number of hydrogen-bond donors (Lipinski definition) is 0. The highest BCUT2D eigenvalue weighted by Gasteiger charge is 2.09. The zero-order valence-electron chi connectivity index (χ0n) is 12.2. The maximum absolute atomic E-state index is 6.06. The first-order chi connectivity index (χ1) is 10.2. The van der Waals surface area contributed by atoms with E-state index in [1.165, 1.54) is 0 Å². The number of aromatic nitrogens is 2. The molecular weight excluding hydrogens is 292 g/mol. The molecule has 0 aliphatic heterocycles. The van der Waals surface area contributed by atoms with Gasteiger partial charge in [0.15, 0.2) is 5.82 Å². The number of methoxy groups -OCH3 is 2. The van der Waals surface area contributed by atoms with Gasteiger partial charge >= 0.3 is 0 Å². The molecular formula is C15H17ClN2O3. The summed E-state index contributed by atoms with van der Waals surface area (Å²) in [5.74, 6) is 1.91. The Balaban J connectivity index is 2.42. The number of hydrogen-bond acceptors (Lipinski definition) is 5. The third-order valence-electron chi connectivity index (χ3n) is 2.82. The van der Waals surface area contributed by atoms with E-state index in [0.717, 1.165) is 5.56 Å². The van der Waals surface area contributed by atoms with Gasteiger partial charge < -0.3 is 14.2 Å². The summed E-state index contributed by atoms with van der Waals surface area (Å²) in [5.41, 5.74) is 1.54. The summed E-state index contributed by atoms with van der Waals surface area (Å²) in [6.07, 6.45) is 0. The Labute approximate surface area is 128 Å². The molecule has 1 aromatic heterocycles. The van der Waals surface area contributed by atoms with Crippen molar-refractivity contribution in [2.75, 3.05) is 20.8 Å². The molecule has 0 atom stereocenters. The highest BCUT2D eigenvalue weighted by Crippen LogP contribution is 2.29. The summed E-state index contributed by atoms with van der Waals surface area (Å²) in [6, 6.07) is 7.23. The summed E-state index contributed by atoms with van der Waals surface area (Å²) in [7, 11) is 3.21. The molecule has 0 fully saturated rings. The van der Waals surface area contributed by atoms with E-state index in [4.69, 9.17) is 25.8 Å². The first kappa shape index (κ1) is 15.5. The molecule has 6 heteroatoms. The fourth-order valence-corrected chi connectivity index (χ4v) is 2.03. The van der Waals surface area contributed by atoms with Gasteiger partial charge in [-0.1, -0.05) is 11.6 Å². The van der Waals surface area contributed by atoms with Crippen LogP contribution in [0, 0.1) is 0 Å². The lowest BCUT2D eigenvalue weighted by molar-refractivity contribution is 0.128. The van der Waals surface area contributed by atoms with Crippen molar-refractivity contribution in [2.24, 2.45) is 0 Å². The molecule has 21 heavy (non-hydrogen) atoms. The van der Waals surface area contributed by atoms with E-state index < -0.39 is 0 Å². The van der Waals surface area contributed by atoms with Crippen molar-refractivity contribution in [3.05, 3.63) is 35.2 Å². The van der Waals surface area contributed by atoms with Gasteiger partial charge in [0.1, 0.15) is 23.3 Å². The summed E-state index contributed by atoms with van der Waals surface area (Å²) in [5, 5.41) is 0.372. The Morgan fingerprint density at radius 1 is 1.00 bits per heavy atom. The van der Waals surface area contributed by atoms with Gasteiger partial charge in [-0.2, -0.15) is 0 Å². The van der Waals surface area contributed by atoms with E-state index in [0.29, 0.717) is 41.4 Å². The molecule has 1 aromatic carbocycles. The van der Waals surface area contributed by atoms with Gasteiger partial charge in [0, 0.05) is 24.3 Å². The molecule has 2 rings (SSSR count). The van der Waals surface area contributed by atoms with E-state index in [1.54, 1.807) is 26.4 Å². The average Bonchev–Trinajstić information content (AvgIpc) is 2.51. The van der Waals surface area contributed by atoms with E-state index in [-0.39, 0.29) is 0 Å². The largest absolute Gasteiger partial charge is 0.497 e. The lowest BCUT2D eigenvalue weighted by Crippen LogP contribution is -2.01. The normalized spacial score (nSPS) is 10.5. The molecule has 112 valence electrons. The van der Waals surface area contributed by atoms with Gasteiger partial charge in [-0.3, -0.25) is 0 Å². The number of nitrogens with zero attached hydrogens (tertiary/aromatic N) is 2. The fraction of sp³-hybridized carbons (Fsp3) is 0.333. The molecule has 0 aliphatic carbocycles. The van der Waals surface area contributed by atoms with E-state index in [2.05, 4.69) is 9.97 Å².